The number of primary amides is 1. The Morgan fingerprint density at radius 1 is 1.06 bits per heavy atom. The summed E-state index contributed by atoms with van der Waals surface area (Å²) in [7, 11) is 3.91. The number of thiazole rings is 1. The van der Waals surface area contributed by atoms with Gasteiger partial charge in [-0.1, -0.05) is 41.7 Å². The van der Waals surface area contributed by atoms with E-state index in [0.717, 1.165) is 22.1 Å². The Morgan fingerprint density at radius 2 is 1.81 bits per heavy atom. The number of hydrogen-bond donors (Lipinski definition) is 2. The maximum atomic E-state index is 11.2. The molecule has 156 valence electrons. The highest BCUT2D eigenvalue weighted by Crippen LogP contribution is 2.41. The molecule has 4 aromatic rings. The molecule has 0 unspecified atom stereocenters. The highest BCUT2D eigenvalue weighted by molar-refractivity contribution is 7.17. The number of rotatable bonds is 7. The Morgan fingerprint density at radius 3 is 2.48 bits per heavy atom. The fourth-order valence-electron chi connectivity index (χ4n) is 2.85. The molecule has 4 rings (SSSR count). The smallest absolute Gasteiger partial charge is 0.248 e. The molecule has 0 spiro atoms. The van der Waals surface area contributed by atoms with E-state index in [1.807, 2.05) is 55.4 Å². The zero-order valence-electron chi connectivity index (χ0n) is 17.1. The van der Waals surface area contributed by atoms with Crippen LogP contribution in [0.25, 0.3) is 11.3 Å². The Kier molecular flexibility index (Phi) is 5.81. The first kappa shape index (κ1) is 20.4. The molecular weight excluding hydrogens is 410 g/mol. The number of anilines is 3. The molecule has 0 fully saturated rings. The molecule has 0 bridgehead atoms. The molecule has 2 heterocycles. The van der Waals surface area contributed by atoms with Gasteiger partial charge in [0.05, 0.1) is 0 Å². The first-order valence-electron chi connectivity index (χ1n) is 9.54. The molecule has 7 nitrogen and oxygen atoms in total. The molecule has 0 radical (unpaired) electrons. The first-order chi connectivity index (χ1) is 15.0. The lowest BCUT2D eigenvalue weighted by molar-refractivity contribution is 0.100. The van der Waals surface area contributed by atoms with Gasteiger partial charge in [-0.05, 0) is 30.3 Å². The van der Waals surface area contributed by atoms with Crippen molar-refractivity contribution in [3.05, 3.63) is 78.5 Å². The fourth-order valence-corrected chi connectivity index (χ4v) is 3.73. The quantitative estimate of drug-likeness (QED) is 0.432. The van der Waals surface area contributed by atoms with Gasteiger partial charge in [-0.3, -0.25) is 4.79 Å². The van der Waals surface area contributed by atoms with Gasteiger partial charge in [0.25, 0.3) is 0 Å². The number of nitrogens with zero attached hydrogens (tertiary/aromatic N) is 3. The number of carbonyl (C=O) groups excluding carboxylic acids is 1. The lowest BCUT2D eigenvalue weighted by atomic mass is 10.2. The average Bonchev–Trinajstić information content (AvgIpc) is 3.19. The molecule has 2 aromatic carbocycles. The second-order valence-corrected chi connectivity index (χ2v) is 7.88. The van der Waals surface area contributed by atoms with Crippen LogP contribution in [0.2, 0.25) is 0 Å². The van der Waals surface area contributed by atoms with Gasteiger partial charge in [-0.15, -0.1) is 0 Å². The fraction of sp³-hybridized carbons (Fsp3) is 0.0870. The van der Waals surface area contributed by atoms with Gasteiger partial charge in [-0.2, -0.15) is 0 Å². The van der Waals surface area contributed by atoms with Crippen LogP contribution < -0.4 is 20.7 Å². The van der Waals surface area contributed by atoms with Crippen LogP contribution in [-0.2, 0) is 0 Å². The maximum Gasteiger partial charge on any atom is 0.248 e. The highest BCUT2D eigenvalue weighted by atomic mass is 32.1. The van der Waals surface area contributed by atoms with Gasteiger partial charge >= 0.3 is 0 Å². The Labute approximate surface area is 184 Å². The van der Waals surface area contributed by atoms with Crippen molar-refractivity contribution in [2.45, 2.75) is 0 Å². The second-order valence-electron chi connectivity index (χ2n) is 6.94. The number of nitrogens with two attached hydrogens (primary N) is 1. The van der Waals surface area contributed by atoms with Crippen molar-refractivity contribution >= 4 is 33.9 Å². The van der Waals surface area contributed by atoms with Crippen LogP contribution in [0.5, 0.6) is 10.8 Å². The van der Waals surface area contributed by atoms with E-state index < -0.39 is 5.91 Å². The average molecular weight is 432 g/mol. The molecule has 3 N–H and O–H groups in total. The molecule has 0 aliphatic carbocycles. The van der Waals surface area contributed by atoms with Crippen LogP contribution in [0.3, 0.4) is 0 Å². The summed E-state index contributed by atoms with van der Waals surface area (Å²) in [6, 6.07) is 20.4. The standard InChI is InChI=1S/C23H21N5O2S/c1-28(2)23-27-20(15-6-4-3-5-7-15)22(31-23)30-18-12-13-25-19(14-18)26-17-10-8-16(9-11-17)21(24)29/h3-14H,1-2H3,(H2,24,29)(H,25,26). The van der Waals surface area contributed by atoms with Crippen LogP contribution in [0, 0.1) is 0 Å². The van der Waals surface area contributed by atoms with Crippen LogP contribution in [0.1, 0.15) is 10.4 Å². The zero-order chi connectivity index (χ0) is 21.8. The summed E-state index contributed by atoms with van der Waals surface area (Å²) in [5.74, 6) is 0.788. The van der Waals surface area contributed by atoms with Crippen LogP contribution >= 0.6 is 11.3 Å². The van der Waals surface area contributed by atoms with Gasteiger partial charge in [0.2, 0.25) is 11.0 Å². The number of hydrogen-bond acceptors (Lipinski definition) is 7. The van der Waals surface area contributed by atoms with Gasteiger partial charge < -0.3 is 20.7 Å². The van der Waals surface area contributed by atoms with Crippen molar-refractivity contribution in [3.8, 4) is 22.1 Å². The van der Waals surface area contributed by atoms with Crippen molar-refractivity contribution in [2.24, 2.45) is 5.73 Å². The third-order valence-electron chi connectivity index (χ3n) is 4.40. The van der Waals surface area contributed by atoms with Crippen molar-refractivity contribution in [1.82, 2.24) is 9.97 Å². The monoisotopic (exact) mass is 431 g/mol. The molecule has 31 heavy (non-hydrogen) atoms. The summed E-state index contributed by atoms with van der Waals surface area (Å²) in [6.07, 6.45) is 1.67. The summed E-state index contributed by atoms with van der Waals surface area (Å²) in [6.45, 7) is 0. The number of benzene rings is 2. The lowest BCUT2D eigenvalue weighted by Gasteiger charge is -2.09. The molecule has 0 saturated carbocycles. The van der Waals surface area contributed by atoms with Crippen LogP contribution in [0.4, 0.5) is 16.6 Å². The molecule has 0 atom stereocenters. The van der Waals surface area contributed by atoms with E-state index in [1.54, 1.807) is 36.5 Å². The number of pyridine rings is 1. The van der Waals surface area contributed by atoms with E-state index in [1.165, 1.54) is 11.3 Å². The molecule has 8 heteroatoms. The van der Waals surface area contributed by atoms with E-state index in [-0.39, 0.29) is 0 Å². The van der Waals surface area contributed by atoms with E-state index in [2.05, 4.69) is 10.3 Å². The third-order valence-corrected chi connectivity index (χ3v) is 5.50. The predicted molar refractivity (Wildman–Crippen MR) is 124 cm³/mol. The summed E-state index contributed by atoms with van der Waals surface area (Å²) >= 11 is 1.48. The number of aromatic nitrogens is 2. The van der Waals surface area contributed by atoms with Crippen molar-refractivity contribution < 1.29 is 9.53 Å². The maximum absolute atomic E-state index is 11.2. The molecule has 2 aromatic heterocycles. The minimum absolute atomic E-state index is 0.450. The van der Waals surface area contributed by atoms with E-state index in [9.17, 15) is 4.79 Å². The van der Waals surface area contributed by atoms with Crippen molar-refractivity contribution in [3.63, 3.8) is 0 Å². The predicted octanol–water partition coefficient (Wildman–Crippen LogP) is 4.91. The number of amides is 1. The van der Waals surface area contributed by atoms with Gasteiger partial charge in [0, 0.05) is 43.2 Å². The third kappa shape index (κ3) is 4.81. The molecule has 0 aliphatic heterocycles. The Balaban J connectivity index is 1.58. The van der Waals surface area contributed by atoms with Crippen LogP contribution in [-0.4, -0.2) is 30.0 Å². The van der Waals surface area contributed by atoms with Crippen LogP contribution in [0.15, 0.2) is 72.9 Å². The zero-order valence-corrected chi connectivity index (χ0v) is 17.9. The minimum atomic E-state index is -0.462. The largest absolute Gasteiger partial charge is 0.444 e. The first-order valence-corrected chi connectivity index (χ1v) is 10.4. The molecular formula is C23H21N5O2S. The number of nitrogens with one attached hydrogen (secondary N) is 1. The molecule has 1 amide bonds. The molecule has 0 saturated heterocycles. The van der Waals surface area contributed by atoms with Gasteiger partial charge in [0.15, 0.2) is 5.13 Å². The molecule has 0 aliphatic rings. The Bertz CT molecular complexity index is 1190. The lowest BCUT2D eigenvalue weighted by Crippen LogP contribution is -2.10. The van der Waals surface area contributed by atoms with Crippen molar-refractivity contribution in [1.29, 1.82) is 0 Å². The summed E-state index contributed by atoms with van der Waals surface area (Å²) in [5, 5.41) is 4.77. The highest BCUT2D eigenvalue weighted by Gasteiger charge is 2.17. The van der Waals surface area contributed by atoms with Gasteiger partial charge in [0.1, 0.15) is 17.3 Å². The van der Waals surface area contributed by atoms with E-state index in [4.69, 9.17) is 15.5 Å². The SMILES string of the molecule is CN(C)c1nc(-c2ccccc2)c(Oc2ccnc(Nc3ccc(C(N)=O)cc3)c2)s1. The van der Waals surface area contributed by atoms with Crippen molar-refractivity contribution in [2.75, 3.05) is 24.3 Å². The topological polar surface area (TPSA) is 93.4 Å². The van der Waals surface area contributed by atoms with Gasteiger partial charge in [-0.25, -0.2) is 9.97 Å². The summed E-state index contributed by atoms with van der Waals surface area (Å²) in [4.78, 5) is 22.3. The Hall–Kier alpha value is -3.91. The minimum Gasteiger partial charge on any atom is -0.444 e. The number of carbonyl (C=O) groups is 1. The summed E-state index contributed by atoms with van der Waals surface area (Å²) in [5.41, 5.74) is 8.31. The normalized spacial score (nSPS) is 10.5. The number of ether oxygens (including phenoxy) is 1. The van der Waals surface area contributed by atoms with E-state index in [0.29, 0.717) is 22.2 Å². The second kappa shape index (κ2) is 8.85. The summed E-state index contributed by atoms with van der Waals surface area (Å²) < 4.78 is 6.21. The van der Waals surface area contributed by atoms with E-state index >= 15 is 0 Å².